The smallest absolute Gasteiger partial charge is 0.338 e. The SMILES string of the molecule is CNS(=O)(=O)c1cccc(C(=O)OCC(=O)N[C@@H]2CCC[C@@H](C)[C@@H]2C)c1. The number of benzene rings is 1. The fraction of sp³-hybridized carbons (Fsp3) is 0.556. The number of nitrogens with one attached hydrogen (secondary N) is 2. The number of esters is 1. The number of sulfonamides is 1. The topological polar surface area (TPSA) is 102 Å². The van der Waals surface area contributed by atoms with Gasteiger partial charge < -0.3 is 10.1 Å². The average Bonchev–Trinajstić information content (AvgIpc) is 2.63. The fourth-order valence-electron chi connectivity index (χ4n) is 3.16. The van der Waals surface area contributed by atoms with Crippen molar-refractivity contribution in [3.63, 3.8) is 0 Å². The Morgan fingerprint density at radius 1 is 1.23 bits per heavy atom. The summed E-state index contributed by atoms with van der Waals surface area (Å²) in [6, 6.07) is 5.58. The normalized spacial score (nSPS) is 23.3. The van der Waals surface area contributed by atoms with Gasteiger partial charge in [-0.2, -0.15) is 0 Å². The summed E-state index contributed by atoms with van der Waals surface area (Å²) in [7, 11) is -2.36. The number of hydrogen-bond donors (Lipinski definition) is 2. The Labute approximate surface area is 154 Å². The average molecular weight is 382 g/mol. The molecule has 1 fully saturated rings. The summed E-state index contributed by atoms with van der Waals surface area (Å²) in [6.45, 7) is 3.91. The van der Waals surface area contributed by atoms with E-state index in [1.807, 2.05) is 0 Å². The Hall–Kier alpha value is -1.93. The van der Waals surface area contributed by atoms with Crippen molar-refractivity contribution in [2.75, 3.05) is 13.7 Å². The third-order valence-electron chi connectivity index (χ3n) is 5.04. The molecule has 0 aliphatic heterocycles. The van der Waals surface area contributed by atoms with Gasteiger partial charge in [0, 0.05) is 6.04 Å². The van der Waals surface area contributed by atoms with Crippen LogP contribution in [0.2, 0.25) is 0 Å². The molecule has 1 aliphatic carbocycles. The summed E-state index contributed by atoms with van der Waals surface area (Å²) in [5.74, 6) is -0.151. The lowest BCUT2D eigenvalue weighted by Gasteiger charge is -2.34. The van der Waals surface area contributed by atoms with Gasteiger partial charge in [0.05, 0.1) is 10.5 Å². The summed E-state index contributed by atoms with van der Waals surface area (Å²) in [4.78, 5) is 24.1. The summed E-state index contributed by atoms with van der Waals surface area (Å²) in [6.07, 6.45) is 3.16. The molecule has 0 aromatic heterocycles. The van der Waals surface area contributed by atoms with Gasteiger partial charge in [0.25, 0.3) is 5.91 Å². The lowest BCUT2D eigenvalue weighted by Crippen LogP contribution is -2.45. The van der Waals surface area contributed by atoms with Crippen molar-refractivity contribution in [2.24, 2.45) is 11.8 Å². The van der Waals surface area contributed by atoms with Crippen LogP contribution in [0.4, 0.5) is 0 Å². The van der Waals surface area contributed by atoms with E-state index in [-0.39, 0.29) is 29.0 Å². The van der Waals surface area contributed by atoms with E-state index >= 15 is 0 Å². The van der Waals surface area contributed by atoms with Crippen molar-refractivity contribution in [2.45, 2.75) is 44.0 Å². The molecule has 2 rings (SSSR count). The van der Waals surface area contributed by atoms with Gasteiger partial charge in [-0.05, 0) is 43.5 Å². The second kappa shape index (κ2) is 8.64. The Kier molecular flexibility index (Phi) is 6.77. The van der Waals surface area contributed by atoms with Crippen molar-refractivity contribution >= 4 is 21.9 Å². The van der Waals surface area contributed by atoms with Gasteiger partial charge in [0.2, 0.25) is 10.0 Å². The number of amides is 1. The Morgan fingerprint density at radius 3 is 2.65 bits per heavy atom. The maximum Gasteiger partial charge on any atom is 0.338 e. The Balaban J connectivity index is 1.92. The van der Waals surface area contributed by atoms with Crippen LogP contribution in [-0.4, -0.2) is 40.0 Å². The van der Waals surface area contributed by atoms with E-state index in [2.05, 4.69) is 23.9 Å². The third-order valence-corrected chi connectivity index (χ3v) is 6.45. The first-order chi connectivity index (χ1) is 12.2. The van der Waals surface area contributed by atoms with Gasteiger partial charge in [-0.3, -0.25) is 4.79 Å². The summed E-state index contributed by atoms with van der Waals surface area (Å²) < 4.78 is 30.8. The van der Waals surface area contributed by atoms with Crippen molar-refractivity contribution in [3.8, 4) is 0 Å². The summed E-state index contributed by atoms with van der Waals surface area (Å²) >= 11 is 0. The van der Waals surface area contributed by atoms with Crippen LogP contribution in [0.15, 0.2) is 29.2 Å². The van der Waals surface area contributed by atoms with Gasteiger partial charge in [-0.25, -0.2) is 17.9 Å². The molecule has 144 valence electrons. The van der Waals surface area contributed by atoms with Crippen molar-refractivity contribution in [3.05, 3.63) is 29.8 Å². The van der Waals surface area contributed by atoms with Gasteiger partial charge in [0.15, 0.2) is 6.61 Å². The molecule has 1 saturated carbocycles. The first-order valence-electron chi connectivity index (χ1n) is 8.74. The molecule has 1 aliphatic rings. The molecule has 0 unspecified atom stereocenters. The maximum atomic E-state index is 12.1. The molecule has 3 atom stereocenters. The highest BCUT2D eigenvalue weighted by atomic mass is 32.2. The highest BCUT2D eigenvalue weighted by Gasteiger charge is 2.28. The first kappa shape index (κ1) is 20.4. The van der Waals surface area contributed by atoms with E-state index in [4.69, 9.17) is 4.74 Å². The van der Waals surface area contributed by atoms with E-state index in [1.54, 1.807) is 0 Å². The van der Waals surface area contributed by atoms with Crippen molar-refractivity contribution in [1.29, 1.82) is 0 Å². The molecule has 26 heavy (non-hydrogen) atoms. The van der Waals surface area contributed by atoms with E-state index in [1.165, 1.54) is 31.3 Å². The number of hydrogen-bond acceptors (Lipinski definition) is 5. The number of carbonyl (C=O) groups excluding carboxylic acids is 2. The minimum atomic E-state index is -3.65. The zero-order chi connectivity index (χ0) is 19.3. The maximum absolute atomic E-state index is 12.1. The number of rotatable bonds is 6. The molecule has 1 aromatic rings. The minimum Gasteiger partial charge on any atom is -0.452 e. The molecule has 8 heteroatoms. The van der Waals surface area contributed by atoms with E-state index in [0.717, 1.165) is 19.3 Å². The van der Waals surface area contributed by atoms with Crippen LogP contribution in [0, 0.1) is 11.8 Å². The monoisotopic (exact) mass is 382 g/mol. The number of carbonyl (C=O) groups is 2. The van der Waals surface area contributed by atoms with Gasteiger partial charge in [-0.1, -0.05) is 32.8 Å². The first-order valence-corrected chi connectivity index (χ1v) is 10.2. The molecule has 0 bridgehead atoms. The zero-order valence-electron chi connectivity index (χ0n) is 15.3. The second-order valence-electron chi connectivity index (χ2n) is 6.75. The Bertz CT molecular complexity index is 763. The highest BCUT2D eigenvalue weighted by Crippen LogP contribution is 2.29. The zero-order valence-corrected chi connectivity index (χ0v) is 16.1. The minimum absolute atomic E-state index is 0.0380. The third kappa shape index (κ3) is 5.04. The van der Waals surface area contributed by atoms with Crippen LogP contribution in [0.5, 0.6) is 0 Å². The van der Waals surface area contributed by atoms with Crippen LogP contribution in [0.3, 0.4) is 0 Å². The van der Waals surface area contributed by atoms with Crippen LogP contribution in [0.25, 0.3) is 0 Å². The van der Waals surface area contributed by atoms with Crippen LogP contribution in [0.1, 0.15) is 43.5 Å². The lowest BCUT2D eigenvalue weighted by molar-refractivity contribution is -0.125. The predicted octanol–water partition coefficient (Wildman–Crippen LogP) is 1.69. The molecule has 2 N–H and O–H groups in total. The molecule has 0 saturated heterocycles. The van der Waals surface area contributed by atoms with Crippen LogP contribution in [-0.2, 0) is 19.6 Å². The van der Waals surface area contributed by atoms with Gasteiger partial charge >= 0.3 is 5.97 Å². The molecule has 7 nitrogen and oxygen atoms in total. The summed E-state index contributed by atoms with van der Waals surface area (Å²) in [5.41, 5.74) is 0.0776. The van der Waals surface area contributed by atoms with Crippen LogP contribution >= 0.6 is 0 Å². The Morgan fingerprint density at radius 2 is 1.96 bits per heavy atom. The largest absolute Gasteiger partial charge is 0.452 e. The van der Waals surface area contributed by atoms with E-state index < -0.39 is 16.0 Å². The van der Waals surface area contributed by atoms with E-state index in [0.29, 0.717) is 11.8 Å². The van der Waals surface area contributed by atoms with Gasteiger partial charge in [0.1, 0.15) is 0 Å². The van der Waals surface area contributed by atoms with E-state index in [9.17, 15) is 18.0 Å². The molecule has 1 amide bonds. The van der Waals surface area contributed by atoms with Crippen molar-refractivity contribution in [1.82, 2.24) is 10.0 Å². The molecule has 0 spiro atoms. The predicted molar refractivity (Wildman–Crippen MR) is 97.1 cm³/mol. The quantitative estimate of drug-likeness (QED) is 0.729. The second-order valence-corrected chi connectivity index (χ2v) is 8.64. The molecular weight excluding hydrogens is 356 g/mol. The summed E-state index contributed by atoms with van der Waals surface area (Å²) in [5, 5.41) is 2.93. The van der Waals surface area contributed by atoms with Gasteiger partial charge in [-0.15, -0.1) is 0 Å². The highest BCUT2D eigenvalue weighted by molar-refractivity contribution is 7.89. The molecule has 0 radical (unpaired) electrons. The van der Waals surface area contributed by atoms with Crippen LogP contribution < -0.4 is 10.0 Å². The molecule has 1 aromatic carbocycles. The fourth-order valence-corrected chi connectivity index (χ4v) is 3.93. The lowest BCUT2D eigenvalue weighted by atomic mass is 9.78. The molecule has 0 heterocycles. The standard InChI is InChI=1S/C18H26N2O5S/c1-12-6-4-9-16(13(12)2)20-17(21)11-25-18(22)14-7-5-8-15(10-14)26(23,24)19-3/h5,7-8,10,12-13,16,19H,4,6,9,11H2,1-3H3,(H,20,21)/t12-,13+,16-/m1/s1. The molecular formula is C18H26N2O5S. The van der Waals surface area contributed by atoms with Crippen molar-refractivity contribution < 1.29 is 22.7 Å². The number of ether oxygens (including phenoxy) is 1.